The first-order chi connectivity index (χ1) is 11.4. The molecule has 0 aromatic heterocycles. The highest BCUT2D eigenvalue weighted by Gasteiger charge is 2.34. The fourth-order valence-corrected chi connectivity index (χ4v) is 3.90. The molecule has 0 unspecified atom stereocenters. The molecule has 1 fully saturated rings. The summed E-state index contributed by atoms with van der Waals surface area (Å²) in [5.41, 5.74) is 0.777. The van der Waals surface area contributed by atoms with Gasteiger partial charge in [-0.2, -0.15) is 0 Å². The molecular formula is C21H28N2O. The predicted octanol–water partition coefficient (Wildman–Crippen LogP) is 3.92. The van der Waals surface area contributed by atoms with Crippen LogP contribution >= 0.6 is 0 Å². The Kier molecular flexibility index (Phi) is 4.64. The number of nitrogens with one attached hydrogen (secondary N) is 1. The van der Waals surface area contributed by atoms with E-state index in [4.69, 9.17) is 0 Å². The van der Waals surface area contributed by atoms with Crippen LogP contribution < -0.4 is 5.32 Å². The predicted molar refractivity (Wildman–Crippen MR) is 99.9 cm³/mol. The van der Waals surface area contributed by atoms with Crippen molar-refractivity contribution in [2.45, 2.75) is 45.2 Å². The number of benzene rings is 2. The summed E-state index contributed by atoms with van der Waals surface area (Å²) in [7, 11) is 2.11. The van der Waals surface area contributed by atoms with E-state index in [1.807, 2.05) is 0 Å². The minimum Gasteiger partial charge on any atom is -0.347 e. The minimum absolute atomic E-state index is 0.0676. The van der Waals surface area contributed by atoms with Gasteiger partial charge in [0.05, 0.1) is 11.5 Å². The van der Waals surface area contributed by atoms with Crippen molar-refractivity contribution in [3.8, 4) is 0 Å². The van der Waals surface area contributed by atoms with E-state index in [0.29, 0.717) is 6.04 Å². The minimum atomic E-state index is -0.395. The molecule has 1 saturated heterocycles. The first-order valence-corrected chi connectivity index (χ1v) is 8.90. The molecule has 1 aliphatic rings. The highest BCUT2D eigenvalue weighted by atomic mass is 16.2. The monoisotopic (exact) mass is 324 g/mol. The lowest BCUT2D eigenvalue weighted by Crippen LogP contribution is -2.51. The quantitative estimate of drug-likeness (QED) is 0.928. The van der Waals surface area contributed by atoms with E-state index in [2.05, 4.69) is 80.5 Å². The Morgan fingerprint density at radius 3 is 2.67 bits per heavy atom. The Morgan fingerprint density at radius 1 is 1.17 bits per heavy atom. The van der Waals surface area contributed by atoms with Crippen LogP contribution in [0, 0.1) is 5.92 Å². The largest absolute Gasteiger partial charge is 0.347 e. The average molecular weight is 324 g/mol. The summed E-state index contributed by atoms with van der Waals surface area (Å²) < 4.78 is 0. The molecule has 24 heavy (non-hydrogen) atoms. The number of carbonyl (C=O) groups excluding carboxylic acids is 1. The molecular weight excluding hydrogens is 296 g/mol. The Morgan fingerprint density at radius 2 is 1.88 bits per heavy atom. The second kappa shape index (κ2) is 6.56. The molecule has 0 bridgehead atoms. The van der Waals surface area contributed by atoms with Crippen LogP contribution in [0.25, 0.3) is 10.8 Å². The van der Waals surface area contributed by atoms with Gasteiger partial charge in [0.15, 0.2) is 0 Å². The number of carbonyl (C=O) groups is 1. The molecule has 1 amide bonds. The Labute approximate surface area is 145 Å². The molecule has 0 radical (unpaired) electrons. The summed E-state index contributed by atoms with van der Waals surface area (Å²) in [4.78, 5) is 15.2. The van der Waals surface area contributed by atoms with Crippen molar-refractivity contribution in [2.75, 3.05) is 13.6 Å². The van der Waals surface area contributed by atoms with E-state index in [1.54, 1.807) is 0 Å². The molecule has 3 rings (SSSR count). The van der Waals surface area contributed by atoms with Crippen molar-refractivity contribution in [2.24, 2.45) is 5.92 Å². The highest BCUT2D eigenvalue weighted by molar-refractivity contribution is 5.88. The van der Waals surface area contributed by atoms with Gasteiger partial charge in [-0.25, -0.2) is 0 Å². The van der Waals surface area contributed by atoms with Gasteiger partial charge in [-0.3, -0.25) is 4.79 Å². The van der Waals surface area contributed by atoms with E-state index in [1.165, 1.54) is 16.3 Å². The zero-order chi connectivity index (χ0) is 17.3. The third kappa shape index (κ3) is 3.18. The highest BCUT2D eigenvalue weighted by Crippen LogP contribution is 2.30. The average Bonchev–Trinajstić information content (AvgIpc) is 2.56. The summed E-state index contributed by atoms with van der Waals surface area (Å²) in [5, 5.41) is 5.74. The Balaban J connectivity index is 1.86. The van der Waals surface area contributed by atoms with Crippen LogP contribution in [0.5, 0.6) is 0 Å². The molecule has 0 spiro atoms. The smallest absolute Gasteiger partial charge is 0.225 e. The van der Waals surface area contributed by atoms with Crippen LogP contribution in [0.15, 0.2) is 42.5 Å². The lowest BCUT2D eigenvalue weighted by atomic mass is 9.86. The van der Waals surface area contributed by atoms with Gasteiger partial charge in [0.25, 0.3) is 0 Å². The number of rotatable bonds is 3. The number of hydrogen-bond donors (Lipinski definition) is 1. The van der Waals surface area contributed by atoms with E-state index in [-0.39, 0.29) is 11.8 Å². The maximum atomic E-state index is 12.9. The third-order valence-corrected chi connectivity index (χ3v) is 5.54. The number of piperidine rings is 1. The van der Waals surface area contributed by atoms with Crippen LogP contribution in [0.3, 0.4) is 0 Å². The van der Waals surface area contributed by atoms with E-state index in [0.717, 1.165) is 19.4 Å². The van der Waals surface area contributed by atoms with Crippen LogP contribution in [-0.2, 0) is 10.3 Å². The fraction of sp³-hybridized carbons (Fsp3) is 0.476. The second-order valence-corrected chi connectivity index (χ2v) is 7.61. The molecule has 3 nitrogen and oxygen atoms in total. The number of likely N-dealkylation sites (tertiary alicyclic amines) is 1. The lowest BCUT2D eigenvalue weighted by molar-refractivity contribution is -0.130. The SMILES string of the molecule is C[C@@H]1[C@@H](C(=O)NC(C)(C)c2cccc3ccccc23)CCCN1C. The Bertz CT molecular complexity index is 732. The molecule has 0 saturated carbocycles. The van der Waals surface area contributed by atoms with Gasteiger partial charge < -0.3 is 10.2 Å². The number of nitrogens with zero attached hydrogens (tertiary/aromatic N) is 1. The van der Waals surface area contributed by atoms with E-state index < -0.39 is 5.54 Å². The summed E-state index contributed by atoms with van der Waals surface area (Å²) in [6, 6.07) is 15.0. The maximum absolute atomic E-state index is 12.9. The van der Waals surface area contributed by atoms with Crippen LogP contribution in [0.1, 0.15) is 39.2 Å². The fourth-order valence-electron chi connectivity index (χ4n) is 3.90. The number of fused-ring (bicyclic) bond motifs is 1. The Hall–Kier alpha value is -1.87. The molecule has 1 heterocycles. The molecule has 2 aromatic carbocycles. The standard InChI is InChI=1S/C21H28N2O/c1-15-17(12-8-14-23(15)4)20(24)22-21(2,3)19-13-7-10-16-9-5-6-11-18(16)19/h5-7,9-11,13,15,17H,8,12,14H2,1-4H3,(H,22,24)/t15-,17+/m1/s1. The van der Waals surface area contributed by atoms with Crippen molar-refractivity contribution in [3.63, 3.8) is 0 Å². The normalized spacial score (nSPS) is 22.5. The van der Waals surface area contributed by atoms with Crippen LogP contribution in [0.2, 0.25) is 0 Å². The van der Waals surface area contributed by atoms with Crippen molar-refractivity contribution >= 4 is 16.7 Å². The summed E-state index contributed by atoms with van der Waals surface area (Å²) in [6.45, 7) is 7.44. The van der Waals surface area contributed by atoms with E-state index in [9.17, 15) is 4.79 Å². The number of amides is 1. The van der Waals surface area contributed by atoms with Gasteiger partial charge >= 0.3 is 0 Å². The van der Waals surface area contributed by atoms with Crippen molar-refractivity contribution in [3.05, 3.63) is 48.0 Å². The lowest BCUT2D eigenvalue weighted by Gasteiger charge is -2.38. The van der Waals surface area contributed by atoms with Gasteiger partial charge in [-0.05, 0) is 63.5 Å². The third-order valence-electron chi connectivity index (χ3n) is 5.54. The van der Waals surface area contributed by atoms with Gasteiger partial charge in [0.1, 0.15) is 0 Å². The molecule has 3 heteroatoms. The van der Waals surface area contributed by atoms with E-state index >= 15 is 0 Å². The molecule has 2 aromatic rings. The van der Waals surface area contributed by atoms with Gasteiger partial charge in [-0.1, -0.05) is 42.5 Å². The van der Waals surface area contributed by atoms with Crippen LogP contribution in [0.4, 0.5) is 0 Å². The van der Waals surface area contributed by atoms with Crippen LogP contribution in [-0.4, -0.2) is 30.4 Å². The molecule has 2 atom stereocenters. The maximum Gasteiger partial charge on any atom is 0.225 e. The summed E-state index contributed by atoms with van der Waals surface area (Å²) in [6.07, 6.45) is 2.07. The zero-order valence-electron chi connectivity index (χ0n) is 15.2. The van der Waals surface area contributed by atoms with Gasteiger partial charge in [0.2, 0.25) is 5.91 Å². The summed E-state index contributed by atoms with van der Waals surface area (Å²) >= 11 is 0. The van der Waals surface area contributed by atoms with Gasteiger partial charge in [0, 0.05) is 6.04 Å². The zero-order valence-corrected chi connectivity index (χ0v) is 15.2. The second-order valence-electron chi connectivity index (χ2n) is 7.61. The summed E-state index contributed by atoms with van der Waals surface area (Å²) in [5.74, 6) is 0.241. The molecule has 128 valence electrons. The topological polar surface area (TPSA) is 32.3 Å². The number of hydrogen-bond acceptors (Lipinski definition) is 2. The first-order valence-electron chi connectivity index (χ1n) is 8.90. The molecule has 1 N–H and O–H groups in total. The van der Waals surface area contributed by atoms with Gasteiger partial charge in [-0.15, -0.1) is 0 Å². The molecule has 1 aliphatic heterocycles. The molecule has 0 aliphatic carbocycles. The van der Waals surface area contributed by atoms with Crippen molar-refractivity contribution in [1.82, 2.24) is 10.2 Å². The first kappa shape index (κ1) is 17.0. The van der Waals surface area contributed by atoms with Crippen molar-refractivity contribution in [1.29, 1.82) is 0 Å². The van der Waals surface area contributed by atoms with Crippen molar-refractivity contribution < 1.29 is 4.79 Å².